The van der Waals surface area contributed by atoms with Gasteiger partial charge in [-0.05, 0) is 44.4 Å². The van der Waals surface area contributed by atoms with E-state index in [1.807, 2.05) is 19.9 Å². The van der Waals surface area contributed by atoms with Crippen molar-refractivity contribution in [1.82, 2.24) is 19.7 Å². The zero-order valence-corrected chi connectivity index (χ0v) is 18.1. The number of rotatable bonds is 4. The average molecular weight is 426 g/mol. The van der Waals surface area contributed by atoms with E-state index in [0.717, 1.165) is 26.6 Å². The summed E-state index contributed by atoms with van der Waals surface area (Å²) < 4.78 is 1.34. The van der Waals surface area contributed by atoms with Gasteiger partial charge >= 0.3 is 0 Å². The molecule has 4 aromatic rings. The summed E-state index contributed by atoms with van der Waals surface area (Å²) in [5.74, 6) is -0.343. The van der Waals surface area contributed by atoms with Gasteiger partial charge in [0.15, 0.2) is 0 Å². The van der Waals surface area contributed by atoms with E-state index in [4.69, 9.17) is 0 Å². The van der Waals surface area contributed by atoms with Gasteiger partial charge in [0.05, 0.1) is 11.7 Å². The van der Waals surface area contributed by atoms with E-state index in [9.17, 15) is 9.59 Å². The second kappa shape index (κ2) is 7.49. The molecule has 0 aliphatic carbocycles. The summed E-state index contributed by atoms with van der Waals surface area (Å²) in [6.07, 6.45) is 1.43. The molecule has 7 nitrogen and oxygen atoms in total. The third-order valence-electron chi connectivity index (χ3n) is 4.74. The lowest BCUT2D eigenvalue weighted by molar-refractivity contribution is -0.116. The average Bonchev–Trinajstić information content (AvgIpc) is 3.22. The molecule has 0 bridgehead atoms. The van der Waals surface area contributed by atoms with Crippen LogP contribution in [0, 0.1) is 27.7 Å². The summed E-state index contributed by atoms with van der Waals surface area (Å²) in [6.45, 7) is 7.78. The molecule has 4 rings (SSSR count). The van der Waals surface area contributed by atoms with Gasteiger partial charge in [-0.1, -0.05) is 29.5 Å². The Morgan fingerprint density at radius 2 is 1.90 bits per heavy atom. The molecule has 9 heteroatoms. The van der Waals surface area contributed by atoms with Crippen molar-refractivity contribution in [3.05, 3.63) is 55.9 Å². The largest absolute Gasteiger partial charge is 0.299 e. The Morgan fingerprint density at radius 1 is 1.10 bits per heavy atom. The van der Waals surface area contributed by atoms with Crippen molar-refractivity contribution in [2.45, 2.75) is 34.2 Å². The van der Waals surface area contributed by atoms with Crippen molar-refractivity contribution in [3.8, 4) is 11.1 Å². The molecule has 0 spiro atoms. The molecule has 0 saturated heterocycles. The fourth-order valence-electron chi connectivity index (χ4n) is 3.16. The maximum atomic E-state index is 13.2. The second-order valence-corrected chi connectivity index (χ2v) is 9.25. The lowest BCUT2D eigenvalue weighted by Gasteiger charge is -2.08. The first-order valence-corrected chi connectivity index (χ1v) is 10.6. The standard InChI is InChI=1S/C20H19N5O2S2/c1-10-5-6-14(7-11(10)2)16-12(3)28-18-17(16)19(27)25(9-21-18)8-15(26)22-20-24-23-13(4)29-20/h5-7,9H,8H2,1-4H3,(H,22,24,26). The summed E-state index contributed by atoms with van der Waals surface area (Å²) in [4.78, 5) is 31.7. The van der Waals surface area contributed by atoms with Crippen LogP contribution >= 0.6 is 22.7 Å². The number of anilines is 1. The molecule has 1 amide bonds. The van der Waals surface area contributed by atoms with Crippen LogP contribution in [-0.2, 0) is 11.3 Å². The first kappa shape index (κ1) is 19.4. The molecule has 0 unspecified atom stereocenters. The minimum absolute atomic E-state index is 0.137. The molecular formula is C20H19N5O2S2. The smallest absolute Gasteiger partial charge is 0.263 e. The van der Waals surface area contributed by atoms with E-state index < -0.39 is 0 Å². The van der Waals surface area contributed by atoms with Crippen LogP contribution in [0.1, 0.15) is 21.0 Å². The topological polar surface area (TPSA) is 89.8 Å². The number of amides is 1. The van der Waals surface area contributed by atoms with Gasteiger partial charge in [-0.25, -0.2) is 4.98 Å². The molecule has 0 radical (unpaired) electrons. The zero-order chi connectivity index (χ0) is 20.7. The lowest BCUT2D eigenvalue weighted by atomic mass is 9.99. The SMILES string of the molecule is Cc1nnc(NC(=O)Cn2cnc3sc(C)c(-c4ccc(C)c(C)c4)c3c2=O)s1. The first-order valence-electron chi connectivity index (χ1n) is 8.99. The highest BCUT2D eigenvalue weighted by atomic mass is 32.1. The molecule has 0 aliphatic heterocycles. The van der Waals surface area contributed by atoms with Crippen LogP contribution in [0.5, 0.6) is 0 Å². The molecule has 1 N–H and O–H groups in total. The van der Waals surface area contributed by atoms with Crippen molar-refractivity contribution in [2.24, 2.45) is 0 Å². The number of fused-ring (bicyclic) bond motifs is 1. The predicted octanol–water partition coefficient (Wildman–Crippen LogP) is 3.85. The quantitative estimate of drug-likeness (QED) is 0.536. The number of benzene rings is 1. The molecule has 0 aliphatic rings. The van der Waals surface area contributed by atoms with Crippen LogP contribution in [0.25, 0.3) is 21.3 Å². The summed E-state index contributed by atoms with van der Waals surface area (Å²) in [7, 11) is 0. The number of carbonyl (C=O) groups excluding carboxylic acids is 1. The minimum atomic E-state index is -0.343. The highest BCUT2D eigenvalue weighted by Gasteiger charge is 2.18. The molecule has 148 valence electrons. The normalized spacial score (nSPS) is 11.2. The third-order valence-corrected chi connectivity index (χ3v) is 6.50. The van der Waals surface area contributed by atoms with Gasteiger partial charge in [-0.2, -0.15) is 0 Å². The Labute approximate surface area is 175 Å². The molecule has 3 heterocycles. The molecule has 0 atom stereocenters. The fourth-order valence-corrected chi connectivity index (χ4v) is 4.77. The van der Waals surface area contributed by atoms with Crippen LogP contribution in [-0.4, -0.2) is 25.7 Å². The summed E-state index contributed by atoms with van der Waals surface area (Å²) >= 11 is 2.77. The monoisotopic (exact) mass is 425 g/mol. The second-order valence-electron chi connectivity index (χ2n) is 6.86. The number of nitrogens with zero attached hydrogens (tertiary/aromatic N) is 4. The number of hydrogen-bond donors (Lipinski definition) is 1. The summed E-state index contributed by atoms with van der Waals surface area (Å²) in [5.41, 5.74) is 4.01. The van der Waals surface area contributed by atoms with E-state index in [1.165, 1.54) is 39.1 Å². The number of thiophene rings is 1. The molecule has 3 aromatic heterocycles. The third kappa shape index (κ3) is 3.70. The van der Waals surface area contributed by atoms with Crippen molar-refractivity contribution in [2.75, 3.05) is 5.32 Å². The van der Waals surface area contributed by atoms with E-state index >= 15 is 0 Å². The number of aromatic nitrogens is 4. The molecule has 29 heavy (non-hydrogen) atoms. The number of nitrogens with one attached hydrogen (secondary N) is 1. The Morgan fingerprint density at radius 3 is 2.59 bits per heavy atom. The highest BCUT2D eigenvalue weighted by Crippen LogP contribution is 2.36. The summed E-state index contributed by atoms with van der Waals surface area (Å²) in [5, 5.41) is 12.1. The summed E-state index contributed by atoms with van der Waals surface area (Å²) in [6, 6.07) is 6.17. The Hall–Kier alpha value is -2.91. The number of hydrogen-bond acceptors (Lipinski definition) is 7. The van der Waals surface area contributed by atoms with E-state index in [0.29, 0.717) is 15.3 Å². The number of aryl methyl sites for hydroxylation is 4. The fraction of sp³-hybridized carbons (Fsp3) is 0.250. The van der Waals surface area contributed by atoms with Crippen molar-refractivity contribution in [3.63, 3.8) is 0 Å². The van der Waals surface area contributed by atoms with Crippen LogP contribution in [0.3, 0.4) is 0 Å². The number of carbonyl (C=O) groups is 1. The van der Waals surface area contributed by atoms with Crippen LogP contribution < -0.4 is 10.9 Å². The Kier molecular flexibility index (Phi) is 5.01. The first-order chi connectivity index (χ1) is 13.8. The van der Waals surface area contributed by atoms with Gasteiger partial charge in [-0.3, -0.25) is 19.5 Å². The van der Waals surface area contributed by atoms with Gasteiger partial charge in [0.1, 0.15) is 16.4 Å². The maximum Gasteiger partial charge on any atom is 0.263 e. The van der Waals surface area contributed by atoms with Crippen molar-refractivity contribution >= 4 is 43.9 Å². The van der Waals surface area contributed by atoms with Crippen LogP contribution in [0.4, 0.5) is 5.13 Å². The van der Waals surface area contributed by atoms with Crippen molar-refractivity contribution in [1.29, 1.82) is 0 Å². The molecule has 0 saturated carbocycles. The highest BCUT2D eigenvalue weighted by molar-refractivity contribution is 7.19. The Bertz CT molecular complexity index is 1300. The van der Waals surface area contributed by atoms with Gasteiger partial charge in [0.2, 0.25) is 11.0 Å². The molecule has 0 fully saturated rings. The van der Waals surface area contributed by atoms with Crippen LogP contribution in [0.15, 0.2) is 29.3 Å². The van der Waals surface area contributed by atoms with Crippen molar-refractivity contribution < 1.29 is 4.79 Å². The van der Waals surface area contributed by atoms with Gasteiger partial charge in [0.25, 0.3) is 5.56 Å². The van der Waals surface area contributed by atoms with E-state index in [2.05, 4.69) is 46.5 Å². The van der Waals surface area contributed by atoms with Gasteiger partial charge in [0, 0.05) is 10.4 Å². The predicted molar refractivity (Wildman–Crippen MR) is 117 cm³/mol. The maximum absolute atomic E-state index is 13.2. The molecular weight excluding hydrogens is 406 g/mol. The van der Waals surface area contributed by atoms with Crippen LogP contribution in [0.2, 0.25) is 0 Å². The van der Waals surface area contributed by atoms with Gasteiger partial charge in [-0.15, -0.1) is 21.5 Å². The Balaban J connectivity index is 1.74. The zero-order valence-electron chi connectivity index (χ0n) is 16.4. The van der Waals surface area contributed by atoms with Gasteiger partial charge < -0.3 is 0 Å². The molecule has 1 aromatic carbocycles. The lowest BCUT2D eigenvalue weighted by Crippen LogP contribution is -2.27. The minimum Gasteiger partial charge on any atom is -0.299 e. The van der Waals surface area contributed by atoms with E-state index in [1.54, 1.807) is 0 Å². The van der Waals surface area contributed by atoms with E-state index in [-0.39, 0.29) is 18.0 Å².